The molecule has 0 aromatic carbocycles. The highest BCUT2D eigenvalue weighted by Crippen LogP contribution is 2.36. The van der Waals surface area contributed by atoms with Gasteiger partial charge in [0.15, 0.2) is 0 Å². The van der Waals surface area contributed by atoms with Crippen molar-refractivity contribution in [2.24, 2.45) is 5.92 Å². The number of carbonyl (C=O) groups is 2. The molecule has 6 heteroatoms. The molecule has 1 saturated carbocycles. The second-order valence-electron chi connectivity index (χ2n) is 8.17. The van der Waals surface area contributed by atoms with E-state index < -0.39 is 0 Å². The summed E-state index contributed by atoms with van der Waals surface area (Å²) in [7, 11) is 0. The molecule has 3 aliphatic rings. The van der Waals surface area contributed by atoms with Gasteiger partial charge in [-0.2, -0.15) is 11.8 Å². The smallest absolute Gasteiger partial charge is 0.225 e. The Hall–Kier alpha value is -0.750. The Balaban J connectivity index is 1.56. The Labute approximate surface area is 162 Å². The fourth-order valence-corrected chi connectivity index (χ4v) is 5.96. The summed E-state index contributed by atoms with van der Waals surface area (Å²) in [5, 5.41) is 3.25. The minimum atomic E-state index is -0.168. The van der Waals surface area contributed by atoms with Crippen molar-refractivity contribution in [3.8, 4) is 0 Å². The lowest BCUT2D eigenvalue weighted by molar-refractivity contribution is -0.130. The standard InChI is InChI=1S/C20H35N3O2S/c1-3-17(4-2)23-14-16(13-18(23)24)19(25)21-15-20(7-5-6-8-20)22-9-11-26-12-10-22/h16-17H,3-15H2,1-2H3,(H,21,25). The van der Waals surface area contributed by atoms with E-state index in [1.165, 1.54) is 37.2 Å². The Morgan fingerprint density at radius 1 is 1.23 bits per heavy atom. The van der Waals surface area contributed by atoms with Gasteiger partial charge in [-0.05, 0) is 25.7 Å². The van der Waals surface area contributed by atoms with Crippen molar-refractivity contribution in [2.45, 2.75) is 70.4 Å². The summed E-state index contributed by atoms with van der Waals surface area (Å²) >= 11 is 2.04. The average molecular weight is 382 g/mol. The number of hydrogen-bond donors (Lipinski definition) is 1. The van der Waals surface area contributed by atoms with Gasteiger partial charge in [-0.25, -0.2) is 0 Å². The fraction of sp³-hybridized carbons (Fsp3) is 0.900. The zero-order valence-electron chi connectivity index (χ0n) is 16.5. The van der Waals surface area contributed by atoms with Gasteiger partial charge in [-0.1, -0.05) is 26.7 Å². The van der Waals surface area contributed by atoms with Crippen molar-refractivity contribution in [1.29, 1.82) is 0 Å². The molecule has 0 radical (unpaired) electrons. The minimum absolute atomic E-state index is 0.0875. The van der Waals surface area contributed by atoms with E-state index in [1.54, 1.807) is 0 Å². The van der Waals surface area contributed by atoms with Crippen LogP contribution in [0.4, 0.5) is 0 Å². The van der Waals surface area contributed by atoms with Gasteiger partial charge in [-0.3, -0.25) is 14.5 Å². The maximum absolute atomic E-state index is 12.8. The maximum Gasteiger partial charge on any atom is 0.225 e. The van der Waals surface area contributed by atoms with Gasteiger partial charge in [0.1, 0.15) is 0 Å². The van der Waals surface area contributed by atoms with Crippen LogP contribution in [0.15, 0.2) is 0 Å². The molecule has 2 saturated heterocycles. The molecule has 5 nitrogen and oxygen atoms in total. The minimum Gasteiger partial charge on any atom is -0.354 e. The molecule has 148 valence electrons. The number of hydrogen-bond acceptors (Lipinski definition) is 4. The topological polar surface area (TPSA) is 52.7 Å². The highest BCUT2D eigenvalue weighted by atomic mass is 32.2. The van der Waals surface area contributed by atoms with E-state index >= 15 is 0 Å². The van der Waals surface area contributed by atoms with Gasteiger partial charge >= 0.3 is 0 Å². The van der Waals surface area contributed by atoms with Crippen molar-refractivity contribution in [3.05, 3.63) is 0 Å². The van der Waals surface area contributed by atoms with Crippen molar-refractivity contribution >= 4 is 23.6 Å². The van der Waals surface area contributed by atoms with E-state index in [0.717, 1.165) is 32.5 Å². The van der Waals surface area contributed by atoms with Gasteiger partial charge < -0.3 is 10.2 Å². The second-order valence-corrected chi connectivity index (χ2v) is 9.39. The van der Waals surface area contributed by atoms with Crippen LogP contribution in [0.2, 0.25) is 0 Å². The fourth-order valence-electron chi connectivity index (χ4n) is 5.06. The quantitative estimate of drug-likeness (QED) is 0.736. The summed E-state index contributed by atoms with van der Waals surface area (Å²) < 4.78 is 0. The first-order chi connectivity index (χ1) is 12.6. The van der Waals surface area contributed by atoms with Gasteiger partial charge in [0.25, 0.3) is 0 Å². The van der Waals surface area contributed by atoms with Crippen LogP contribution in [0, 0.1) is 5.92 Å². The van der Waals surface area contributed by atoms with E-state index in [0.29, 0.717) is 13.0 Å². The van der Waals surface area contributed by atoms with Crippen LogP contribution >= 0.6 is 11.8 Å². The molecule has 1 atom stereocenters. The molecule has 3 fully saturated rings. The number of nitrogens with one attached hydrogen (secondary N) is 1. The summed E-state index contributed by atoms with van der Waals surface area (Å²) in [5.74, 6) is 2.49. The number of rotatable bonds is 7. The zero-order valence-corrected chi connectivity index (χ0v) is 17.3. The van der Waals surface area contributed by atoms with Crippen LogP contribution in [0.3, 0.4) is 0 Å². The van der Waals surface area contributed by atoms with Crippen LogP contribution in [0.1, 0.15) is 58.8 Å². The number of likely N-dealkylation sites (tertiary alicyclic amines) is 1. The van der Waals surface area contributed by atoms with Gasteiger partial charge in [0, 0.05) is 55.7 Å². The first-order valence-corrected chi connectivity index (χ1v) is 11.6. The van der Waals surface area contributed by atoms with E-state index in [9.17, 15) is 9.59 Å². The van der Waals surface area contributed by atoms with E-state index in [4.69, 9.17) is 0 Å². The zero-order chi connectivity index (χ0) is 18.6. The monoisotopic (exact) mass is 381 g/mol. The number of thioether (sulfide) groups is 1. The molecule has 0 aromatic heterocycles. The summed E-state index contributed by atoms with van der Waals surface area (Å²) in [4.78, 5) is 29.7. The first-order valence-electron chi connectivity index (χ1n) is 10.5. The molecule has 2 heterocycles. The molecule has 26 heavy (non-hydrogen) atoms. The highest BCUT2D eigenvalue weighted by Gasteiger charge is 2.42. The van der Waals surface area contributed by atoms with E-state index in [1.807, 2.05) is 16.7 Å². The molecule has 2 aliphatic heterocycles. The van der Waals surface area contributed by atoms with Crippen LogP contribution < -0.4 is 5.32 Å². The van der Waals surface area contributed by atoms with Crippen LogP contribution in [-0.4, -0.2) is 70.9 Å². The predicted octanol–water partition coefficient (Wildman–Crippen LogP) is 2.50. The third-order valence-electron chi connectivity index (χ3n) is 6.72. The molecule has 3 rings (SSSR count). The molecular weight excluding hydrogens is 346 g/mol. The number of nitrogens with zero attached hydrogens (tertiary/aromatic N) is 2. The Kier molecular flexibility index (Phi) is 6.89. The molecule has 2 amide bonds. The third-order valence-corrected chi connectivity index (χ3v) is 7.66. The molecule has 1 unspecified atom stereocenters. The third kappa shape index (κ3) is 4.22. The van der Waals surface area contributed by atoms with Gasteiger partial charge in [0.2, 0.25) is 11.8 Å². The van der Waals surface area contributed by atoms with Crippen molar-refractivity contribution in [2.75, 3.05) is 37.7 Å². The number of carbonyl (C=O) groups excluding carboxylic acids is 2. The Morgan fingerprint density at radius 3 is 2.50 bits per heavy atom. The predicted molar refractivity (Wildman–Crippen MR) is 107 cm³/mol. The number of amides is 2. The highest BCUT2D eigenvalue weighted by molar-refractivity contribution is 7.99. The first kappa shape index (κ1) is 20.0. The summed E-state index contributed by atoms with van der Waals surface area (Å²) in [6.07, 6.45) is 7.24. The van der Waals surface area contributed by atoms with Crippen molar-refractivity contribution < 1.29 is 9.59 Å². The second kappa shape index (κ2) is 8.96. The van der Waals surface area contributed by atoms with Crippen LogP contribution in [-0.2, 0) is 9.59 Å². The van der Waals surface area contributed by atoms with E-state index in [2.05, 4.69) is 24.1 Å². The molecular formula is C20H35N3O2S. The van der Waals surface area contributed by atoms with Crippen molar-refractivity contribution in [1.82, 2.24) is 15.1 Å². The molecule has 0 bridgehead atoms. The van der Waals surface area contributed by atoms with Gasteiger partial charge in [-0.15, -0.1) is 0 Å². The summed E-state index contributed by atoms with van der Waals surface area (Å²) in [5.41, 5.74) is 0.161. The molecule has 0 spiro atoms. The Morgan fingerprint density at radius 2 is 1.88 bits per heavy atom. The Bertz CT molecular complexity index is 497. The molecule has 1 N–H and O–H groups in total. The SMILES string of the molecule is CCC(CC)N1CC(C(=O)NCC2(N3CCSCC3)CCCC2)CC1=O. The van der Waals surface area contributed by atoms with Crippen molar-refractivity contribution in [3.63, 3.8) is 0 Å². The maximum atomic E-state index is 12.8. The normalized spacial score (nSPS) is 26.7. The lowest BCUT2D eigenvalue weighted by atomic mass is 9.94. The summed E-state index contributed by atoms with van der Waals surface area (Å²) in [6.45, 7) is 7.89. The van der Waals surface area contributed by atoms with Crippen LogP contribution in [0.5, 0.6) is 0 Å². The lowest BCUT2D eigenvalue weighted by Gasteiger charge is -2.43. The summed E-state index contributed by atoms with van der Waals surface area (Å²) in [6, 6.07) is 0.285. The van der Waals surface area contributed by atoms with E-state index in [-0.39, 0.29) is 29.3 Å². The lowest BCUT2D eigenvalue weighted by Crippen LogP contribution is -2.57. The van der Waals surface area contributed by atoms with Gasteiger partial charge in [0.05, 0.1) is 5.92 Å². The average Bonchev–Trinajstić information content (AvgIpc) is 3.30. The van der Waals surface area contributed by atoms with Crippen LogP contribution in [0.25, 0.3) is 0 Å². The molecule has 1 aliphatic carbocycles. The largest absolute Gasteiger partial charge is 0.354 e. The molecule has 0 aromatic rings.